The first-order valence-corrected chi connectivity index (χ1v) is 7.89. The molecular formula is C16H28N2O2. The Kier molecular flexibility index (Phi) is 8.00. The van der Waals surface area contributed by atoms with E-state index in [9.17, 15) is 9.59 Å². The first kappa shape index (κ1) is 16.7. The van der Waals surface area contributed by atoms with Gasteiger partial charge in [-0.1, -0.05) is 25.5 Å². The van der Waals surface area contributed by atoms with E-state index < -0.39 is 0 Å². The van der Waals surface area contributed by atoms with Crippen molar-refractivity contribution < 1.29 is 9.59 Å². The van der Waals surface area contributed by atoms with E-state index in [-0.39, 0.29) is 24.3 Å². The minimum absolute atomic E-state index is 0.0138. The maximum Gasteiger partial charge on any atom is 0.239 e. The Bertz CT molecular complexity index is 346. The summed E-state index contributed by atoms with van der Waals surface area (Å²) >= 11 is 0. The number of hydrogen-bond acceptors (Lipinski definition) is 2. The summed E-state index contributed by atoms with van der Waals surface area (Å²) in [7, 11) is 0. The van der Waals surface area contributed by atoms with Gasteiger partial charge in [0.05, 0.1) is 6.54 Å². The van der Waals surface area contributed by atoms with Crippen molar-refractivity contribution in [2.24, 2.45) is 5.92 Å². The highest BCUT2D eigenvalue weighted by molar-refractivity contribution is 5.85. The Morgan fingerprint density at radius 2 is 1.95 bits per heavy atom. The second-order valence-corrected chi connectivity index (χ2v) is 5.44. The van der Waals surface area contributed by atoms with Crippen LogP contribution in [0.2, 0.25) is 0 Å². The molecule has 0 saturated carbocycles. The zero-order valence-corrected chi connectivity index (χ0v) is 12.8. The van der Waals surface area contributed by atoms with E-state index in [0.717, 1.165) is 19.3 Å². The van der Waals surface area contributed by atoms with Crippen molar-refractivity contribution in [2.75, 3.05) is 13.1 Å². The molecule has 4 nitrogen and oxygen atoms in total. The summed E-state index contributed by atoms with van der Waals surface area (Å²) in [4.78, 5) is 23.4. The number of nitrogens with one attached hydrogen (secondary N) is 2. The highest BCUT2D eigenvalue weighted by Gasteiger charge is 2.14. The monoisotopic (exact) mass is 280 g/mol. The second-order valence-electron chi connectivity index (χ2n) is 5.44. The highest BCUT2D eigenvalue weighted by atomic mass is 16.2. The summed E-state index contributed by atoms with van der Waals surface area (Å²) < 4.78 is 0. The molecule has 0 saturated heterocycles. The van der Waals surface area contributed by atoms with Gasteiger partial charge in [0.1, 0.15) is 0 Å². The lowest BCUT2D eigenvalue weighted by molar-refractivity contribution is -0.128. The normalized spacial score (nSPS) is 14.8. The van der Waals surface area contributed by atoms with Crippen molar-refractivity contribution in [3.63, 3.8) is 0 Å². The van der Waals surface area contributed by atoms with Crippen LogP contribution in [-0.2, 0) is 9.59 Å². The summed E-state index contributed by atoms with van der Waals surface area (Å²) in [5.41, 5.74) is 1.46. The highest BCUT2D eigenvalue weighted by Crippen LogP contribution is 2.19. The van der Waals surface area contributed by atoms with Gasteiger partial charge in [0.15, 0.2) is 0 Å². The fourth-order valence-electron chi connectivity index (χ4n) is 2.53. The molecule has 0 atom stereocenters. The maximum absolute atomic E-state index is 11.7. The molecular weight excluding hydrogens is 252 g/mol. The quantitative estimate of drug-likeness (QED) is 0.671. The van der Waals surface area contributed by atoms with Gasteiger partial charge < -0.3 is 10.6 Å². The summed E-state index contributed by atoms with van der Waals surface area (Å²) in [6.07, 6.45) is 9.77. The molecule has 0 aromatic carbocycles. The minimum atomic E-state index is -0.0966. The molecule has 0 radical (unpaired) electrons. The predicted molar refractivity (Wildman–Crippen MR) is 81.3 cm³/mol. The van der Waals surface area contributed by atoms with Gasteiger partial charge in [-0.15, -0.1) is 0 Å². The zero-order chi connectivity index (χ0) is 14.8. The van der Waals surface area contributed by atoms with Gasteiger partial charge in [0, 0.05) is 12.5 Å². The molecule has 0 aromatic heterocycles. The number of amides is 2. The molecule has 0 fully saturated rings. The van der Waals surface area contributed by atoms with Crippen LogP contribution in [-0.4, -0.2) is 24.9 Å². The average molecular weight is 280 g/mol. The molecule has 114 valence electrons. The Morgan fingerprint density at radius 3 is 2.55 bits per heavy atom. The van der Waals surface area contributed by atoms with Gasteiger partial charge in [0.25, 0.3) is 0 Å². The molecule has 1 aliphatic rings. The summed E-state index contributed by atoms with van der Waals surface area (Å²) in [6, 6.07) is 0. The zero-order valence-electron chi connectivity index (χ0n) is 12.8. The second kappa shape index (κ2) is 9.56. The number of allylic oxidation sites excluding steroid dienone is 1. The molecule has 0 unspecified atom stereocenters. The number of carbonyl (C=O) groups is 2. The molecule has 0 heterocycles. The van der Waals surface area contributed by atoms with Crippen molar-refractivity contribution in [1.82, 2.24) is 10.6 Å². The summed E-state index contributed by atoms with van der Waals surface area (Å²) in [5.74, 6) is -0.0870. The van der Waals surface area contributed by atoms with E-state index in [2.05, 4.69) is 16.7 Å². The molecule has 20 heavy (non-hydrogen) atoms. The van der Waals surface area contributed by atoms with Gasteiger partial charge in [0.2, 0.25) is 11.8 Å². The van der Waals surface area contributed by atoms with Gasteiger partial charge in [-0.05, 0) is 44.9 Å². The van der Waals surface area contributed by atoms with Crippen LogP contribution < -0.4 is 10.6 Å². The third kappa shape index (κ3) is 6.22. The van der Waals surface area contributed by atoms with Crippen molar-refractivity contribution in [3.8, 4) is 0 Å². The first-order valence-electron chi connectivity index (χ1n) is 7.89. The van der Waals surface area contributed by atoms with E-state index in [1.807, 2.05) is 13.8 Å². The molecule has 4 heteroatoms. The lowest BCUT2D eigenvalue weighted by Gasteiger charge is -2.14. The Labute approximate surface area is 122 Å². The van der Waals surface area contributed by atoms with E-state index in [1.165, 1.54) is 31.3 Å². The number of carbonyl (C=O) groups excluding carboxylic acids is 2. The molecule has 1 rings (SSSR count). The largest absolute Gasteiger partial charge is 0.354 e. The van der Waals surface area contributed by atoms with E-state index >= 15 is 0 Å². The van der Waals surface area contributed by atoms with Crippen LogP contribution in [0.5, 0.6) is 0 Å². The lowest BCUT2D eigenvalue weighted by Crippen LogP contribution is -2.39. The molecule has 2 amide bonds. The van der Waals surface area contributed by atoms with Gasteiger partial charge in [-0.25, -0.2) is 0 Å². The standard InChI is InChI=1S/C16H28N2O2/c1-3-14(4-2)16(20)18-12-15(19)17-11-10-13-8-6-5-7-9-13/h8,14H,3-7,9-12H2,1-2H3,(H,17,19)(H,18,20). The fraction of sp³-hybridized carbons (Fsp3) is 0.750. The van der Waals surface area contributed by atoms with Gasteiger partial charge in [-0.3, -0.25) is 9.59 Å². The lowest BCUT2D eigenvalue weighted by atomic mass is 9.97. The smallest absolute Gasteiger partial charge is 0.239 e. The summed E-state index contributed by atoms with van der Waals surface area (Å²) in [6.45, 7) is 4.75. The van der Waals surface area contributed by atoms with Crippen LogP contribution in [0.4, 0.5) is 0 Å². The first-order chi connectivity index (χ1) is 9.67. The topological polar surface area (TPSA) is 58.2 Å². The molecule has 0 aromatic rings. The van der Waals surface area contributed by atoms with Crippen molar-refractivity contribution >= 4 is 11.8 Å². The third-order valence-corrected chi connectivity index (χ3v) is 3.93. The van der Waals surface area contributed by atoms with Crippen LogP contribution in [0.25, 0.3) is 0 Å². The average Bonchev–Trinajstić information content (AvgIpc) is 2.47. The molecule has 0 bridgehead atoms. The van der Waals surface area contributed by atoms with E-state index in [4.69, 9.17) is 0 Å². The van der Waals surface area contributed by atoms with Crippen molar-refractivity contribution in [2.45, 2.75) is 58.8 Å². The third-order valence-electron chi connectivity index (χ3n) is 3.93. The number of rotatable bonds is 8. The van der Waals surface area contributed by atoms with Crippen molar-refractivity contribution in [3.05, 3.63) is 11.6 Å². The van der Waals surface area contributed by atoms with E-state index in [1.54, 1.807) is 0 Å². The van der Waals surface area contributed by atoms with Crippen LogP contribution >= 0.6 is 0 Å². The maximum atomic E-state index is 11.7. The SMILES string of the molecule is CCC(CC)C(=O)NCC(=O)NCCC1=CCCCC1. The molecule has 0 aliphatic heterocycles. The predicted octanol–water partition coefficient (Wildman–Crippen LogP) is 2.55. The van der Waals surface area contributed by atoms with E-state index in [0.29, 0.717) is 6.54 Å². The summed E-state index contributed by atoms with van der Waals surface area (Å²) in [5, 5.41) is 5.57. The van der Waals surface area contributed by atoms with Gasteiger partial charge >= 0.3 is 0 Å². The van der Waals surface area contributed by atoms with Crippen LogP contribution in [0.15, 0.2) is 11.6 Å². The molecule has 0 spiro atoms. The molecule has 2 N–H and O–H groups in total. The Hall–Kier alpha value is -1.32. The Balaban J connectivity index is 2.14. The van der Waals surface area contributed by atoms with Gasteiger partial charge in [-0.2, -0.15) is 0 Å². The van der Waals surface area contributed by atoms with Crippen LogP contribution in [0.3, 0.4) is 0 Å². The molecule has 1 aliphatic carbocycles. The minimum Gasteiger partial charge on any atom is -0.354 e. The number of hydrogen-bond donors (Lipinski definition) is 2. The fourth-order valence-corrected chi connectivity index (χ4v) is 2.53. The van der Waals surface area contributed by atoms with Crippen molar-refractivity contribution in [1.29, 1.82) is 0 Å². The van der Waals surface area contributed by atoms with Crippen LogP contribution in [0, 0.1) is 5.92 Å². The van der Waals surface area contributed by atoms with Crippen LogP contribution in [0.1, 0.15) is 58.8 Å². The Morgan fingerprint density at radius 1 is 1.20 bits per heavy atom.